The summed E-state index contributed by atoms with van der Waals surface area (Å²) in [5.41, 5.74) is 1.25. The number of halogens is 3. The lowest BCUT2D eigenvalue weighted by Crippen LogP contribution is -2.09. The number of hydrogen-bond donors (Lipinski definition) is 1. The molecule has 0 aliphatic heterocycles. The predicted molar refractivity (Wildman–Crippen MR) is 77.5 cm³/mol. The van der Waals surface area contributed by atoms with E-state index < -0.39 is 6.04 Å². The Morgan fingerprint density at radius 1 is 1.26 bits per heavy atom. The highest BCUT2D eigenvalue weighted by atomic mass is 79.9. The third-order valence-electron chi connectivity index (χ3n) is 2.53. The van der Waals surface area contributed by atoms with Crippen LogP contribution in [0, 0.1) is 17.1 Å². The van der Waals surface area contributed by atoms with Crippen LogP contribution >= 0.6 is 27.5 Å². The van der Waals surface area contributed by atoms with Gasteiger partial charge in [-0.15, -0.1) is 0 Å². The van der Waals surface area contributed by atoms with Crippen LogP contribution in [0.3, 0.4) is 0 Å². The monoisotopic (exact) mass is 338 g/mol. The summed E-state index contributed by atoms with van der Waals surface area (Å²) in [5, 5.41) is 12.8. The smallest absolute Gasteiger partial charge is 0.141 e. The number of nitriles is 1. The zero-order valence-corrected chi connectivity index (χ0v) is 12.0. The van der Waals surface area contributed by atoms with Crippen molar-refractivity contribution in [3.8, 4) is 6.07 Å². The van der Waals surface area contributed by atoms with Gasteiger partial charge in [-0.3, -0.25) is 0 Å². The van der Waals surface area contributed by atoms with Gasteiger partial charge in [-0.25, -0.2) is 4.39 Å². The molecule has 2 aromatic carbocycles. The van der Waals surface area contributed by atoms with Gasteiger partial charge in [-0.2, -0.15) is 5.26 Å². The predicted octanol–water partition coefficient (Wildman–Crippen LogP) is 4.92. The normalized spacial score (nSPS) is 11.7. The van der Waals surface area contributed by atoms with Gasteiger partial charge in [0.05, 0.1) is 6.07 Å². The van der Waals surface area contributed by atoms with E-state index in [1.54, 1.807) is 30.3 Å². The summed E-state index contributed by atoms with van der Waals surface area (Å²) in [5.74, 6) is -0.383. The Hall–Kier alpha value is -1.57. The first kappa shape index (κ1) is 13.9. The second-order valence-corrected chi connectivity index (χ2v) is 5.17. The van der Waals surface area contributed by atoms with Crippen molar-refractivity contribution in [2.45, 2.75) is 6.04 Å². The molecule has 19 heavy (non-hydrogen) atoms. The van der Waals surface area contributed by atoms with Crippen molar-refractivity contribution in [1.29, 1.82) is 5.26 Å². The molecule has 0 spiro atoms. The zero-order chi connectivity index (χ0) is 13.8. The molecule has 0 fully saturated rings. The van der Waals surface area contributed by atoms with Gasteiger partial charge in [0, 0.05) is 20.7 Å². The van der Waals surface area contributed by atoms with E-state index in [0.29, 0.717) is 20.7 Å². The second-order valence-electron chi connectivity index (χ2n) is 3.88. The largest absolute Gasteiger partial charge is 0.366 e. The summed E-state index contributed by atoms with van der Waals surface area (Å²) >= 11 is 9.20. The van der Waals surface area contributed by atoms with E-state index in [2.05, 4.69) is 27.3 Å². The van der Waals surface area contributed by atoms with Crippen LogP contribution in [0.1, 0.15) is 11.6 Å². The molecule has 0 heterocycles. The van der Waals surface area contributed by atoms with Crippen molar-refractivity contribution in [3.05, 3.63) is 63.3 Å². The van der Waals surface area contributed by atoms with Gasteiger partial charge in [0.1, 0.15) is 11.9 Å². The molecule has 1 unspecified atom stereocenters. The minimum absolute atomic E-state index is 0.383. The maximum Gasteiger partial charge on any atom is 0.141 e. The van der Waals surface area contributed by atoms with Crippen LogP contribution in [0.4, 0.5) is 10.1 Å². The maximum absolute atomic E-state index is 13.3. The number of rotatable bonds is 3. The lowest BCUT2D eigenvalue weighted by Gasteiger charge is -2.15. The molecule has 0 aliphatic rings. The molecule has 0 bridgehead atoms. The fourth-order valence-electron chi connectivity index (χ4n) is 1.66. The average molecular weight is 340 g/mol. The maximum atomic E-state index is 13.3. The van der Waals surface area contributed by atoms with E-state index in [1.807, 2.05) is 0 Å². The summed E-state index contributed by atoms with van der Waals surface area (Å²) in [6.07, 6.45) is 0. The Balaban J connectivity index is 2.31. The van der Waals surface area contributed by atoms with Gasteiger partial charge in [-0.1, -0.05) is 33.6 Å². The van der Waals surface area contributed by atoms with Gasteiger partial charge >= 0.3 is 0 Å². The molecule has 1 N–H and O–H groups in total. The van der Waals surface area contributed by atoms with Crippen molar-refractivity contribution in [2.75, 3.05) is 5.32 Å². The minimum atomic E-state index is -0.663. The second kappa shape index (κ2) is 6.05. The standard InChI is InChI=1S/C14H9BrClFN2/c15-13-5-4-10(17)7-12(13)14(8-18)19-11-3-1-2-9(16)6-11/h1-7,14,19H. The Bertz CT molecular complexity index is 640. The molecular weight excluding hydrogens is 331 g/mol. The number of anilines is 1. The van der Waals surface area contributed by atoms with Crippen LogP contribution in [0.5, 0.6) is 0 Å². The zero-order valence-electron chi connectivity index (χ0n) is 9.70. The van der Waals surface area contributed by atoms with E-state index in [4.69, 9.17) is 11.6 Å². The first-order valence-corrected chi connectivity index (χ1v) is 6.64. The number of benzene rings is 2. The van der Waals surface area contributed by atoms with Gasteiger partial charge in [0.25, 0.3) is 0 Å². The Kier molecular flexibility index (Phi) is 4.41. The third kappa shape index (κ3) is 3.46. The molecule has 0 radical (unpaired) electrons. The van der Waals surface area contributed by atoms with Crippen molar-refractivity contribution in [3.63, 3.8) is 0 Å². The van der Waals surface area contributed by atoms with Crippen molar-refractivity contribution in [1.82, 2.24) is 0 Å². The van der Waals surface area contributed by atoms with E-state index >= 15 is 0 Å². The summed E-state index contributed by atoms with van der Waals surface area (Å²) in [6.45, 7) is 0. The molecule has 0 amide bonds. The van der Waals surface area contributed by atoms with Crippen molar-refractivity contribution < 1.29 is 4.39 Å². The molecule has 2 nitrogen and oxygen atoms in total. The number of nitrogens with one attached hydrogen (secondary N) is 1. The first-order chi connectivity index (χ1) is 9.10. The SMILES string of the molecule is N#CC(Nc1cccc(Cl)c1)c1cc(F)ccc1Br. The minimum Gasteiger partial charge on any atom is -0.366 e. The van der Waals surface area contributed by atoms with E-state index in [-0.39, 0.29) is 5.82 Å². The fraction of sp³-hybridized carbons (Fsp3) is 0.0714. The highest BCUT2D eigenvalue weighted by Gasteiger charge is 2.14. The molecule has 5 heteroatoms. The van der Waals surface area contributed by atoms with Crippen LogP contribution in [-0.4, -0.2) is 0 Å². The molecule has 96 valence electrons. The third-order valence-corrected chi connectivity index (χ3v) is 3.49. The molecule has 0 saturated heterocycles. The molecule has 2 rings (SSSR count). The molecule has 0 saturated carbocycles. The Morgan fingerprint density at radius 3 is 2.74 bits per heavy atom. The molecule has 0 aliphatic carbocycles. The summed E-state index contributed by atoms with van der Waals surface area (Å²) in [6, 6.07) is 12.7. The highest BCUT2D eigenvalue weighted by molar-refractivity contribution is 9.10. The highest BCUT2D eigenvalue weighted by Crippen LogP contribution is 2.27. The molecule has 0 aromatic heterocycles. The van der Waals surface area contributed by atoms with Crippen molar-refractivity contribution in [2.24, 2.45) is 0 Å². The topological polar surface area (TPSA) is 35.8 Å². The number of nitrogens with zero attached hydrogens (tertiary/aromatic N) is 1. The van der Waals surface area contributed by atoms with Gasteiger partial charge < -0.3 is 5.32 Å². The van der Waals surface area contributed by atoms with E-state index in [0.717, 1.165) is 0 Å². The van der Waals surface area contributed by atoms with Crippen LogP contribution in [-0.2, 0) is 0 Å². The lowest BCUT2D eigenvalue weighted by molar-refractivity contribution is 0.624. The van der Waals surface area contributed by atoms with Gasteiger partial charge in [0.2, 0.25) is 0 Å². The van der Waals surface area contributed by atoms with Crippen LogP contribution < -0.4 is 5.32 Å². The molecule has 1 atom stereocenters. The summed E-state index contributed by atoms with van der Waals surface area (Å²) < 4.78 is 13.9. The van der Waals surface area contributed by atoms with Crippen LogP contribution in [0.25, 0.3) is 0 Å². The van der Waals surface area contributed by atoms with E-state index in [9.17, 15) is 9.65 Å². The Morgan fingerprint density at radius 2 is 2.05 bits per heavy atom. The first-order valence-electron chi connectivity index (χ1n) is 5.47. The quantitative estimate of drug-likeness (QED) is 0.861. The van der Waals surface area contributed by atoms with Gasteiger partial charge in [-0.05, 0) is 36.4 Å². The molecule has 2 aromatic rings. The fourth-order valence-corrected chi connectivity index (χ4v) is 2.33. The Labute approximate surface area is 123 Å². The van der Waals surface area contributed by atoms with Gasteiger partial charge in [0.15, 0.2) is 0 Å². The van der Waals surface area contributed by atoms with Crippen molar-refractivity contribution >= 4 is 33.2 Å². The number of hydrogen-bond acceptors (Lipinski definition) is 2. The summed E-state index contributed by atoms with van der Waals surface area (Å²) in [4.78, 5) is 0. The average Bonchev–Trinajstić information content (AvgIpc) is 2.39. The molecular formula is C14H9BrClFN2. The van der Waals surface area contributed by atoms with Crippen LogP contribution in [0.15, 0.2) is 46.9 Å². The van der Waals surface area contributed by atoms with E-state index in [1.165, 1.54) is 12.1 Å². The van der Waals surface area contributed by atoms with Crippen LogP contribution in [0.2, 0.25) is 5.02 Å². The summed E-state index contributed by atoms with van der Waals surface area (Å²) in [7, 11) is 0. The lowest BCUT2D eigenvalue weighted by atomic mass is 10.1.